The number of alkyl halides is 3. The molecule has 2 rings (SSSR count). The lowest BCUT2D eigenvalue weighted by Gasteiger charge is -2.14. The van der Waals surface area contributed by atoms with E-state index in [1.54, 1.807) is 12.1 Å². The Hall–Kier alpha value is -1.47. The first kappa shape index (κ1) is 18.6. The molecule has 0 spiro atoms. The molecule has 1 heterocycles. The van der Waals surface area contributed by atoms with E-state index in [0.717, 1.165) is 13.0 Å². The van der Waals surface area contributed by atoms with Gasteiger partial charge in [0.15, 0.2) is 0 Å². The highest BCUT2D eigenvalue weighted by molar-refractivity contribution is 5.85. The molecule has 1 atom stereocenters. The van der Waals surface area contributed by atoms with Crippen molar-refractivity contribution in [2.45, 2.75) is 19.2 Å². The lowest BCUT2D eigenvalue weighted by atomic mass is 10.1. The van der Waals surface area contributed by atoms with Gasteiger partial charge in [-0.3, -0.25) is 4.79 Å². The number of nitrogens with one attached hydrogen (secondary N) is 2. The second-order valence-electron chi connectivity index (χ2n) is 4.89. The molecular weight excluding hydrogens is 321 g/mol. The number of amides is 1. The summed E-state index contributed by atoms with van der Waals surface area (Å²) in [5, 5.41) is 5.84. The fourth-order valence-corrected chi connectivity index (χ4v) is 2.28. The molecule has 0 saturated carbocycles. The minimum Gasteiger partial charge on any atom is -0.406 e. The van der Waals surface area contributed by atoms with Crippen molar-refractivity contribution in [1.29, 1.82) is 0 Å². The molecule has 0 radical (unpaired) electrons. The number of carbonyl (C=O) groups excluding carboxylic acids is 1. The van der Waals surface area contributed by atoms with Gasteiger partial charge >= 0.3 is 6.36 Å². The van der Waals surface area contributed by atoms with E-state index in [-0.39, 0.29) is 42.9 Å². The van der Waals surface area contributed by atoms with Crippen molar-refractivity contribution in [2.75, 3.05) is 19.6 Å². The van der Waals surface area contributed by atoms with E-state index in [1.165, 1.54) is 12.1 Å². The third-order valence-corrected chi connectivity index (χ3v) is 3.32. The van der Waals surface area contributed by atoms with Crippen LogP contribution in [0.15, 0.2) is 24.3 Å². The SMILES string of the molecule is Cl.O=C(NCCc1ccccc1OC(F)(F)F)C1CCNC1. The van der Waals surface area contributed by atoms with Crippen LogP contribution in [0, 0.1) is 5.92 Å². The van der Waals surface area contributed by atoms with E-state index in [0.29, 0.717) is 12.1 Å². The van der Waals surface area contributed by atoms with Crippen LogP contribution in [0.5, 0.6) is 5.75 Å². The number of halogens is 4. The third kappa shape index (κ3) is 5.73. The van der Waals surface area contributed by atoms with Gasteiger partial charge in [-0.25, -0.2) is 0 Å². The van der Waals surface area contributed by atoms with Crippen molar-refractivity contribution in [2.24, 2.45) is 5.92 Å². The summed E-state index contributed by atoms with van der Waals surface area (Å²) in [5.41, 5.74) is 0.416. The normalized spacial score (nSPS) is 17.7. The van der Waals surface area contributed by atoms with Crippen LogP contribution in [-0.4, -0.2) is 31.9 Å². The predicted molar refractivity (Wildman–Crippen MR) is 78.1 cm³/mol. The molecule has 22 heavy (non-hydrogen) atoms. The molecule has 1 amide bonds. The lowest BCUT2D eigenvalue weighted by molar-refractivity contribution is -0.274. The molecule has 124 valence electrons. The average molecular weight is 339 g/mol. The first-order chi connectivity index (χ1) is 9.96. The maximum absolute atomic E-state index is 12.3. The van der Waals surface area contributed by atoms with Crippen molar-refractivity contribution in [3.8, 4) is 5.75 Å². The van der Waals surface area contributed by atoms with Crippen LogP contribution in [-0.2, 0) is 11.2 Å². The van der Waals surface area contributed by atoms with E-state index >= 15 is 0 Å². The number of carbonyl (C=O) groups is 1. The number of benzene rings is 1. The first-order valence-corrected chi connectivity index (χ1v) is 6.78. The topological polar surface area (TPSA) is 50.4 Å². The van der Waals surface area contributed by atoms with Gasteiger partial charge in [-0.05, 0) is 31.0 Å². The zero-order chi connectivity index (χ0) is 15.3. The fraction of sp³-hybridized carbons (Fsp3) is 0.500. The second kappa shape index (κ2) is 8.24. The molecular formula is C14H18ClF3N2O2. The summed E-state index contributed by atoms with van der Waals surface area (Å²) in [6.07, 6.45) is -3.63. The van der Waals surface area contributed by atoms with E-state index < -0.39 is 6.36 Å². The molecule has 2 N–H and O–H groups in total. The minimum absolute atomic E-state index is 0. The number of hydrogen-bond acceptors (Lipinski definition) is 3. The Morgan fingerprint density at radius 3 is 2.73 bits per heavy atom. The van der Waals surface area contributed by atoms with Gasteiger partial charge in [0, 0.05) is 13.1 Å². The van der Waals surface area contributed by atoms with Crippen LogP contribution in [0.2, 0.25) is 0 Å². The Kier molecular flexibility index (Phi) is 6.96. The highest BCUT2D eigenvalue weighted by atomic mass is 35.5. The molecule has 1 aliphatic heterocycles. The predicted octanol–water partition coefficient (Wildman–Crippen LogP) is 2.28. The third-order valence-electron chi connectivity index (χ3n) is 3.32. The van der Waals surface area contributed by atoms with Gasteiger partial charge in [-0.15, -0.1) is 25.6 Å². The molecule has 8 heteroatoms. The molecule has 1 aromatic rings. The summed E-state index contributed by atoms with van der Waals surface area (Å²) >= 11 is 0. The summed E-state index contributed by atoms with van der Waals surface area (Å²) < 4.78 is 40.8. The summed E-state index contributed by atoms with van der Waals surface area (Å²) in [6, 6.07) is 5.95. The number of para-hydroxylation sites is 1. The molecule has 0 bridgehead atoms. The maximum atomic E-state index is 12.3. The van der Waals surface area contributed by atoms with Crippen molar-refractivity contribution in [3.63, 3.8) is 0 Å². The molecule has 1 saturated heterocycles. The summed E-state index contributed by atoms with van der Waals surface area (Å²) in [5.74, 6) is -0.331. The number of rotatable bonds is 5. The lowest BCUT2D eigenvalue weighted by Crippen LogP contribution is -2.33. The minimum atomic E-state index is -4.71. The van der Waals surface area contributed by atoms with E-state index in [1.807, 2.05) is 0 Å². The smallest absolute Gasteiger partial charge is 0.406 e. The highest BCUT2D eigenvalue weighted by Gasteiger charge is 2.32. The van der Waals surface area contributed by atoms with E-state index in [4.69, 9.17) is 0 Å². The molecule has 0 aromatic heterocycles. The van der Waals surface area contributed by atoms with Crippen LogP contribution >= 0.6 is 12.4 Å². The van der Waals surface area contributed by atoms with E-state index in [9.17, 15) is 18.0 Å². The van der Waals surface area contributed by atoms with Gasteiger partial charge < -0.3 is 15.4 Å². The molecule has 0 aliphatic carbocycles. The van der Waals surface area contributed by atoms with Crippen molar-refractivity contribution in [3.05, 3.63) is 29.8 Å². The molecule has 1 unspecified atom stereocenters. The average Bonchev–Trinajstić information content (AvgIpc) is 2.93. The zero-order valence-electron chi connectivity index (χ0n) is 11.8. The zero-order valence-corrected chi connectivity index (χ0v) is 12.6. The Labute approximate surface area is 132 Å². The van der Waals surface area contributed by atoms with Crippen LogP contribution in [0.3, 0.4) is 0 Å². The quantitative estimate of drug-likeness (QED) is 0.866. The summed E-state index contributed by atoms with van der Waals surface area (Å²) in [4.78, 5) is 11.8. The Balaban J connectivity index is 0.00000242. The Morgan fingerprint density at radius 2 is 2.09 bits per heavy atom. The molecule has 4 nitrogen and oxygen atoms in total. The van der Waals surface area contributed by atoms with Crippen LogP contribution in [0.4, 0.5) is 13.2 Å². The largest absolute Gasteiger partial charge is 0.573 e. The van der Waals surface area contributed by atoms with Gasteiger partial charge in [-0.1, -0.05) is 18.2 Å². The van der Waals surface area contributed by atoms with Crippen molar-refractivity contribution in [1.82, 2.24) is 10.6 Å². The number of ether oxygens (including phenoxy) is 1. The summed E-state index contributed by atoms with van der Waals surface area (Å²) in [6.45, 7) is 1.76. The summed E-state index contributed by atoms with van der Waals surface area (Å²) in [7, 11) is 0. The van der Waals surface area contributed by atoms with E-state index in [2.05, 4.69) is 15.4 Å². The maximum Gasteiger partial charge on any atom is 0.573 e. The van der Waals surface area contributed by atoms with Gasteiger partial charge in [0.25, 0.3) is 0 Å². The number of hydrogen-bond donors (Lipinski definition) is 2. The van der Waals surface area contributed by atoms with Gasteiger partial charge in [0.1, 0.15) is 5.75 Å². The monoisotopic (exact) mass is 338 g/mol. The first-order valence-electron chi connectivity index (χ1n) is 6.78. The Morgan fingerprint density at radius 1 is 1.36 bits per heavy atom. The molecule has 1 aliphatic rings. The van der Waals surface area contributed by atoms with Crippen LogP contribution in [0.25, 0.3) is 0 Å². The van der Waals surface area contributed by atoms with Crippen molar-refractivity contribution >= 4 is 18.3 Å². The Bertz CT molecular complexity index is 491. The molecule has 1 aromatic carbocycles. The van der Waals surface area contributed by atoms with Gasteiger partial charge in [-0.2, -0.15) is 0 Å². The van der Waals surface area contributed by atoms with Crippen LogP contribution < -0.4 is 15.4 Å². The fourth-order valence-electron chi connectivity index (χ4n) is 2.28. The van der Waals surface area contributed by atoms with Gasteiger partial charge in [0.2, 0.25) is 5.91 Å². The standard InChI is InChI=1S/C14H17F3N2O2.ClH/c15-14(16,17)21-12-4-2-1-3-10(12)6-8-19-13(20)11-5-7-18-9-11;/h1-4,11,18H,5-9H2,(H,19,20);1H. The highest BCUT2D eigenvalue weighted by Crippen LogP contribution is 2.26. The van der Waals surface area contributed by atoms with Gasteiger partial charge in [0.05, 0.1) is 5.92 Å². The van der Waals surface area contributed by atoms with Crippen molar-refractivity contribution < 1.29 is 22.7 Å². The molecule has 1 fully saturated rings. The second-order valence-corrected chi connectivity index (χ2v) is 4.89. The van der Waals surface area contributed by atoms with Crippen LogP contribution in [0.1, 0.15) is 12.0 Å².